The quantitative estimate of drug-likeness (QED) is 0.241. The van der Waals surface area contributed by atoms with Crippen molar-refractivity contribution in [1.29, 1.82) is 5.26 Å². The van der Waals surface area contributed by atoms with E-state index in [0.29, 0.717) is 5.56 Å². The van der Waals surface area contributed by atoms with Crippen LogP contribution in [0.1, 0.15) is 63.4 Å². The zero-order valence-electron chi connectivity index (χ0n) is 18.1. The maximum absolute atomic E-state index is 9.17. The molecule has 31 heavy (non-hydrogen) atoms. The van der Waals surface area contributed by atoms with Gasteiger partial charge in [-0.25, -0.2) is 0 Å². The zero-order valence-corrected chi connectivity index (χ0v) is 21.1. The number of pyridine rings is 1. The molecule has 4 heteroatoms. The standard InChI is InChI=1S/C27H31N2S.HI/c28-20-23-13-9-15-25(18-23)30-26-19-24-14-6-7-16-27(24)29(21-26)17-8-2-5-12-22-10-3-1-4-11-22;/h6-7,9,13-16,18-19,21-22H,1-5,8,10-12,17H2;1H/q+1;/p-1. The number of fused-ring (bicyclic) bond motifs is 1. The summed E-state index contributed by atoms with van der Waals surface area (Å²) >= 11 is 1.74. The Morgan fingerprint density at radius 3 is 2.58 bits per heavy atom. The van der Waals surface area contributed by atoms with Gasteiger partial charge in [-0.2, -0.15) is 9.83 Å². The molecule has 0 radical (unpaired) electrons. The van der Waals surface area contributed by atoms with Gasteiger partial charge in [0.05, 0.1) is 16.5 Å². The number of para-hydroxylation sites is 1. The number of aromatic nitrogens is 1. The number of hydrogen-bond donors (Lipinski definition) is 0. The molecule has 0 atom stereocenters. The third-order valence-corrected chi connectivity index (χ3v) is 7.21. The van der Waals surface area contributed by atoms with Gasteiger partial charge in [0.2, 0.25) is 5.52 Å². The van der Waals surface area contributed by atoms with Gasteiger partial charge >= 0.3 is 0 Å². The Balaban J connectivity index is 0.00000272. The molecule has 0 unspecified atom stereocenters. The molecular formula is C27H31IN2S. The summed E-state index contributed by atoms with van der Waals surface area (Å²) in [4.78, 5) is 2.34. The molecule has 0 spiro atoms. The molecular weight excluding hydrogens is 511 g/mol. The van der Waals surface area contributed by atoms with Crippen LogP contribution in [0.4, 0.5) is 0 Å². The molecule has 1 heterocycles. The Bertz CT molecular complexity index is 1020. The summed E-state index contributed by atoms with van der Waals surface area (Å²) in [7, 11) is 0. The van der Waals surface area contributed by atoms with Crippen LogP contribution in [0.5, 0.6) is 0 Å². The SMILES string of the molecule is N#Cc1cccc(Sc2cc3ccccc3[n+](CCCCCC3CCCCC3)c2)c1.[I-]. The fraction of sp³-hybridized carbons (Fsp3) is 0.407. The van der Waals surface area contributed by atoms with Crippen LogP contribution in [0, 0.1) is 17.2 Å². The zero-order chi connectivity index (χ0) is 20.6. The Kier molecular flexibility index (Phi) is 9.67. The summed E-state index contributed by atoms with van der Waals surface area (Å²) in [6, 6.07) is 21.0. The lowest BCUT2D eigenvalue weighted by Gasteiger charge is -2.21. The number of unbranched alkanes of at least 4 members (excludes halogenated alkanes) is 2. The fourth-order valence-electron chi connectivity index (χ4n) is 4.66. The van der Waals surface area contributed by atoms with Gasteiger partial charge in [0.1, 0.15) is 6.54 Å². The number of aryl methyl sites for hydroxylation is 1. The third-order valence-electron chi connectivity index (χ3n) is 6.26. The van der Waals surface area contributed by atoms with Crippen LogP contribution in [0.25, 0.3) is 10.9 Å². The van der Waals surface area contributed by atoms with Crippen LogP contribution in [-0.4, -0.2) is 0 Å². The van der Waals surface area contributed by atoms with Gasteiger partial charge in [0, 0.05) is 22.8 Å². The van der Waals surface area contributed by atoms with Crippen molar-refractivity contribution < 1.29 is 28.5 Å². The van der Waals surface area contributed by atoms with Crippen LogP contribution in [0.15, 0.2) is 70.6 Å². The Morgan fingerprint density at radius 1 is 0.903 bits per heavy atom. The minimum Gasteiger partial charge on any atom is -1.00 e. The van der Waals surface area contributed by atoms with E-state index in [2.05, 4.69) is 53.2 Å². The van der Waals surface area contributed by atoms with Crippen molar-refractivity contribution in [2.24, 2.45) is 5.92 Å². The Morgan fingerprint density at radius 2 is 1.74 bits per heavy atom. The molecule has 0 aliphatic heterocycles. The lowest BCUT2D eigenvalue weighted by atomic mass is 9.85. The van der Waals surface area contributed by atoms with E-state index in [1.165, 1.54) is 73.6 Å². The van der Waals surface area contributed by atoms with Crippen molar-refractivity contribution in [3.8, 4) is 6.07 Å². The topological polar surface area (TPSA) is 27.7 Å². The highest BCUT2D eigenvalue weighted by Crippen LogP contribution is 2.30. The molecule has 1 aliphatic rings. The van der Waals surface area contributed by atoms with E-state index in [1.807, 2.05) is 18.2 Å². The molecule has 2 nitrogen and oxygen atoms in total. The van der Waals surface area contributed by atoms with Gasteiger partial charge in [-0.1, -0.05) is 74.9 Å². The van der Waals surface area contributed by atoms with Gasteiger partial charge in [-0.15, -0.1) is 0 Å². The summed E-state index contributed by atoms with van der Waals surface area (Å²) < 4.78 is 2.42. The Hall–Kier alpha value is -1.58. The van der Waals surface area contributed by atoms with E-state index in [4.69, 9.17) is 0 Å². The number of hydrogen-bond acceptors (Lipinski definition) is 2. The predicted octanol–water partition coefficient (Wildman–Crippen LogP) is 4.29. The minimum absolute atomic E-state index is 0. The van der Waals surface area contributed by atoms with E-state index in [9.17, 15) is 5.26 Å². The van der Waals surface area contributed by atoms with Gasteiger partial charge in [-0.3, -0.25) is 0 Å². The summed E-state index contributed by atoms with van der Waals surface area (Å²) in [6.45, 7) is 1.07. The first-order valence-corrected chi connectivity index (χ1v) is 12.2. The van der Waals surface area contributed by atoms with Crippen LogP contribution in [0.2, 0.25) is 0 Å². The van der Waals surface area contributed by atoms with E-state index in [0.717, 1.165) is 17.4 Å². The summed E-state index contributed by atoms with van der Waals surface area (Å²) in [5, 5.41) is 10.5. The maximum Gasteiger partial charge on any atom is 0.212 e. The number of halogens is 1. The molecule has 0 N–H and O–H groups in total. The van der Waals surface area contributed by atoms with Crippen molar-refractivity contribution in [2.45, 2.75) is 74.1 Å². The van der Waals surface area contributed by atoms with Crippen molar-refractivity contribution in [3.63, 3.8) is 0 Å². The molecule has 1 aliphatic carbocycles. The molecule has 4 rings (SSSR count). The summed E-state index contributed by atoms with van der Waals surface area (Å²) in [6.07, 6.45) is 14.9. The second-order valence-electron chi connectivity index (χ2n) is 8.52. The molecule has 162 valence electrons. The molecule has 0 saturated heterocycles. The second-order valence-corrected chi connectivity index (χ2v) is 9.67. The highest BCUT2D eigenvalue weighted by molar-refractivity contribution is 7.99. The number of rotatable bonds is 8. The van der Waals surface area contributed by atoms with Gasteiger partial charge in [-0.05, 0) is 42.7 Å². The average molecular weight is 543 g/mol. The monoisotopic (exact) mass is 542 g/mol. The first-order valence-electron chi connectivity index (χ1n) is 11.4. The smallest absolute Gasteiger partial charge is 0.212 e. The number of nitriles is 1. The normalized spacial score (nSPS) is 14.2. The third kappa shape index (κ3) is 6.95. The van der Waals surface area contributed by atoms with E-state index < -0.39 is 0 Å². The van der Waals surface area contributed by atoms with E-state index >= 15 is 0 Å². The van der Waals surface area contributed by atoms with Crippen LogP contribution < -0.4 is 28.5 Å². The van der Waals surface area contributed by atoms with Gasteiger partial charge < -0.3 is 24.0 Å². The molecule has 0 bridgehead atoms. The predicted molar refractivity (Wildman–Crippen MR) is 124 cm³/mol. The van der Waals surface area contributed by atoms with Crippen LogP contribution in [0.3, 0.4) is 0 Å². The summed E-state index contributed by atoms with van der Waals surface area (Å²) in [5.74, 6) is 0.996. The van der Waals surface area contributed by atoms with Crippen molar-refractivity contribution in [2.75, 3.05) is 0 Å². The average Bonchev–Trinajstić information content (AvgIpc) is 2.79. The Labute approximate surface area is 208 Å². The molecule has 2 aromatic carbocycles. The lowest BCUT2D eigenvalue weighted by Crippen LogP contribution is -3.00. The lowest BCUT2D eigenvalue weighted by molar-refractivity contribution is -0.673. The highest BCUT2D eigenvalue weighted by Gasteiger charge is 2.14. The molecule has 1 aromatic heterocycles. The fourth-order valence-corrected chi connectivity index (χ4v) is 5.63. The van der Waals surface area contributed by atoms with Crippen molar-refractivity contribution in [1.82, 2.24) is 0 Å². The summed E-state index contributed by atoms with van der Waals surface area (Å²) in [5.41, 5.74) is 2.02. The van der Waals surface area contributed by atoms with Crippen LogP contribution >= 0.6 is 11.8 Å². The minimum atomic E-state index is 0. The highest BCUT2D eigenvalue weighted by atomic mass is 127. The van der Waals surface area contributed by atoms with E-state index in [1.54, 1.807) is 11.8 Å². The largest absolute Gasteiger partial charge is 1.00 e. The molecule has 0 amide bonds. The maximum atomic E-state index is 9.17. The molecule has 1 saturated carbocycles. The van der Waals surface area contributed by atoms with E-state index in [-0.39, 0.29) is 24.0 Å². The number of benzene rings is 2. The first-order chi connectivity index (χ1) is 14.8. The van der Waals surface area contributed by atoms with Gasteiger partial charge in [0.25, 0.3) is 0 Å². The first kappa shape index (κ1) is 24.1. The molecule has 3 aromatic rings. The van der Waals surface area contributed by atoms with Crippen molar-refractivity contribution in [3.05, 3.63) is 66.4 Å². The molecule has 1 fully saturated rings. The number of nitrogens with zero attached hydrogens (tertiary/aromatic N) is 2. The van der Waals surface area contributed by atoms with Gasteiger partial charge in [0.15, 0.2) is 6.20 Å². The van der Waals surface area contributed by atoms with Crippen LogP contribution in [-0.2, 0) is 6.54 Å². The van der Waals surface area contributed by atoms with Crippen molar-refractivity contribution >= 4 is 22.7 Å². The second kappa shape index (κ2) is 12.5.